The van der Waals surface area contributed by atoms with E-state index in [-0.39, 0.29) is 18.6 Å². The van der Waals surface area contributed by atoms with Gasteiger partial charge in [0.15, 0.2) is 18.2 Å². The van der Waals surface area contributed by atoms with Gasteiger partial charge in [0.1, 0.15) is 5.75 Å². The number of nitrogens with zero attached hydrogens (tertiary/aromatic N) is 1. The molecule has 2 aromatic rings. The third kappa shape index (κ3) is 6.62. The standard InChI is InChI=1S/C24H28F2N2O2S2/c25-21-7-2-17(14-22(21)26)15-28-10-8-19(9-11-28)27-23(29)16-30-20-5-3-18(4-6-20)24-31-12-1-13-32-24/h2-7,14,19,24H,1,8-13,15-16H2,(H,27,29). The number of ether oxygens (including phenoxy) is 1. The van der Waals surface area contributed by atoms with Crippen LogP contribution in [0.5, 0.6) is 5.75 Å². The average molecular weight is 479 g/mol. The highest BCUT2D eigenvalue weighted by atomic mass is 32.2. The second-order valence-electron chi connectivity index (χ2n) is 8.15. The van der Waals surface area contributed by atoms with E-state index in [9.17, 15) is 13.6 Å². The highest BCUT2D eigenvalue weighted by Crippen LogP contribution is 2.43. The molecule has 0 saturated carbocycles. The number of carbonyl (C=O) groups excluding carboxylic acids is 1. The van der Waals surface area contributed by atoms with Gasteiger partial charge in [-0.25, -0.2) is 8.78 Å². The summed E-state index contributed by atoms with van der Waals surface area (Å²) in [5.41, 5.74) is 2.05. The van der Waals surface area contributed by atoms with Crippen molar-refractivity contribution in [2.75, 3.05) is 31.2 Å². The first-order valence-electron chi connectivity index (χ1n) is 11.0. The van der Waals surface area contributed by atoms with Gasteiger partial charge in [-0.3, -0.25) is 9.69 Å². The van der Waals surface area contributed by atoms with Crippen LogP contribution < -0.4 is 10.1 Å². The number of carbonyl (C=O) groups is 1. The van der Waals surface area contributed by atoms with Crippen molar-refractivity contribution in [1.82, 2.24) is 10.2 Å². The van der Waals surface area contributed by atoms with E-state index >= 15 is 0 Å². The highest BCUT2D eigenvalue weighted by Gasteiger charge is 2.21. The average Bonchev–Trinajstić information content (AvgIpc) is 2.82. The van der Waals surface area contributed by atoms with Gasteiger partial charge in [-0.15, -0.1) is 23.5 Å². The lowest BCUT2D eigenvalue weighted by molar-refractivity contribution is -0.124. The second kappa shape index (κ2) is 11.4. The molecule has 2 aliphatic rings. The molecule has 32 heavy (non-hydrogen) atoms. The fraction of sp³-hybridized carbons (Fsp3) is 0.458. The van der Waals surface area contributed by atoms with Crippen molar-refractivity contribution in [3.63, 3.8) is 0 Å². The van der Waals surface area contributed by atoms with Gasteiger partial charge in [-0.05, 0) is 66.2 Å². The molecule has 2 fully saturated rings. The van der Waals surface area contributed by atoms with Gasteiger partial charge in [0.2, 0.25) is 0 Å². The van der Waals surface area contributed by atoms with Crippen molar-refractivity contribution < 1.29 is 18.3 Å². The van der Waals surface area contributed by atoms with Gasteiger partial charge in [0, 0.05) is 25.7 Å². The predicted molar refractivity (Wildman–Crippen MR) is 127 cm³/mol. The van der Waals surface area contributed by atoms with E-state index in [2.05, 4.69) is 22.3 Å². The Morgan fingerprint density at radius 1 is 1.03 bits per heavy atom. The first-order chi connectivity index (χ1) is 15.6. The van der Waals surface area contributed by atoms with Crippen LogP contribution in [0.2, 0.25) is 0 Å². The Kier molecular flexibility index (Phi) is 8.32. The van der Waals surface area contributed by atoms with Gasteiger partial charge < -0.3 is 10.1 Å². The van der Waals surface area contributed by atoms with E-state index in [4.69, 9.17) is 4.74 Å². The number of amides is 1. The van der Waals surface area contributed by atoms with Gasteiger partial charge in [-0.1, -0.05) is 18.2 Å². The van der Waals surface area contributed by atoms with Crippen molar-refractivity contribution >= 4 is 29.4 Å². The van der Waals surface area contributed by atoms with Gasteiger partial charge >= 0.3 is 0 Å². The van der Waals surface area contributed by atoms with E-state index in [0.29, 0.717) is 16.9 Å². The summed E-state index contributed by atoms with van der Waals surface area (Å²) in [5.74, 6) is 1.36. The monoisotopic (exact) mass is 478 g/mol. The Labute approximate surface area is 196 Å². The summed E-state index contributed by atoms with van der Waals surface area (Å²) >= 11 is 3.97. The lowest BCUT2D eigenvalue weighted by Crippen LogP contribution is -2.45. The first kappa shape index (κ1) is 23.4. The van der Waals surface area contributed by atoms with Crippen LogP contribution >= 0.6 is 23.5 Å². The van der Waals surface area contributed by atoms with Crippen molar-refractivity contribution in [2.45, 2.75) is 36.4 Å². The molecule has 2 aromatic carbocycles. The summed E-state index contributed by atoms with van der Waals surface area (Å²) in [6, 6.07) is 12.2. The van der Waals surface area contributed by atoms with E-state index in [1.165, 1.54) is 35.6 Å². The summed E-state index contributed by atoms with van der Waals surface area (Å²) in [4.78, 5) is 14.5. The van der Waals surface area contributed by atoms with Crippen LogP contribution in [-0.2, 0) is 11.3 Å². The number of piperidine rings is 1. The number of hydrogen-bond donors (Lipinski definition) is 1. The zero-order valence-electron chi connectivity index (χ0n) is 17.9. The third-order valence-corrected chi connectivity index (χ3v) is 8.71. The number of nitrogens with one attached hydrogen (secondary N) is 1. The smallest absolute Gasteiger partial charge is 0.258 e. The molecule has 4 nitrogen and oxygen atoms in total. The molecular weight excluding hydrogens is 450 g/mol. The Morgan fingerprint density at radius 3 is 2.44 bits per heavy atom. The molecule has 0 atom stereocenters. The van der Waals surface area contributed by atoms with Crippen molar-refractivity contribution in [3.8, 4) is 5.75 Å². The van der Waals surface area contributed by atoms with Gasteiger partial charge in [0.05, 0.1) is 4.58 Å². The van der Waals surface area contributed by atoms with Crippen LogP contribution in [0.4, 0.5) is 8.78 Å². The van der Waals surface area contributed by atoms with Crippen LogP contribution in [0.15, 0.2) is 42.5 Å². The minimum absolute atomic E-state index is 0.00134. The van der Waals surface area contributed by atoms with Crippen LogP contribution in [0, 0.1) is 11.6 Å². The van der Waals surface area contributed by atoms with E-state index in [1.807, 2.05) is 35.7 Å². The lowest BCUT2D eigenvalue weighted by Gasteiger charge is -2.32. The van der Waals surface area contributed by atoms with E-state index < -0.39 is 11.6 Å². The molecule has 2 saturated heterocycles. The minimum Gasteiger partial charge on any atom is -0.484 e. The fourth-order valence-corrected chi connectivity index (χ4v) is 6.85. The Balaban J connectivity index is 1.16. The first-order valence-corrected chi connectivity index (χ1v) is 13.1. The molecule has 0 spiro atoms. The molecule has 172 valence electrons. The Bertz CT molecular complexity index is 899. The summed E-state index contributed by atoms with van der Waals surface area (Å²) in [6.07, 6.45) is 2.91. The minimum atomic E-state index is -0.824. The zero-order valence-corrected chi connectivity index (χ0v) is 19.5. The molecule has 2 aliphatic heterocycles. The largest absolute Gasteiger partial charge is 0.484 e. The number of halogens is 2. The van der Waals surface area contributed by atoms with Crippen molar-refractivity contribution in [1.29, 1.82) is 0 Å². The maximum absolute atomic E-state index is 13.4. The zero-order chi connectivity index (χ0) is 22.3. The van der Waals surface area contributed by atoms with Gasteiger partial charge in [0.25, 0.3) is 5.91 Å². The molecule has 8 heteroatoms. The molecule has 2 heterocycles. The van der Waals surface area contributed by atoms with Crippen LogP contribution in [0.3, 0.4) is 0 Å². The number of likely N-dealkylation sites (tertiary alicyclic amines) is 1. The SMILES string of the molecule is O=C(COc1ccc(C2SCCCS2)cc1)NC1CCN(Cc2ccc(F)c(F)c2)CC1. The molecular formula is C24H28F2N2O2S2. The molecule has 0 unspecified atom stereocenters. The number of hydrogen-bond acceptors (Lipinski definition) is 5. The number of benzene rings is 2. The van der Waals surface area contributed by atoms with E-state index in [0.717, 1.165) is 31.5 Å². The summed E-state index contributed by atoms with van der Waals surface area (Å²) in [5, 5.41) is 3.05. The predicted octanol–water partition coefficient (Wildman–Crippen LogP) is 4.99. The van der Waals surface area contributed by atoms with Crippen LogP contribution in [0.25, 0.3) is 0 Å². The maximum atomic E-state index is 13.4. The Morgan fingerprint density at radius 2 is 1.75 bits per heavy atom. The molecule has 0 radical (unpaired) electrons. The molecule has 1 amide bonds. The summed E-state index contributed by atoms with van der Waals surface area (Å²) < 4.78 is 32.6. The Hall–Kier alpha value is -1.77. The maximum Gasteiger partial charge on any atom is 0.258 e. The molecule has 0 bridgehead atoms. The molecule has 4 rings (SSSR count). The van der Waals surface area contributed by atoms with Crippen LogP contribution in [0.1, 0.15) is 35.0 Å². The van der Waals surface area contributed by atoms with E-state index in [1.54, 1.807) is 6.07 Å². The normalized spacial score (nSPS) is 18.4. The van der Waals surface area contributed by atoms with Crippen molar-refractivity contribution in [2.24, 2.45) is 0 Å². The lowest BCUT2D eigenvalue weighted by atomic mass is 10.0. The quantitative estimate of drug-likeness (QED) is 0.607. The summed E-state index contributed by atoms with van der Waals surface area (Å²) in [7, 11) is 0. The van der Waals surface area contributed by atoms with Gasteiger partial charge in [-0.2, -0.15) is 0 Å². The summed E-state index contributed by atoms with van der Waals surface area (Å²) in [6.45, 7) is 2.17. The molecule has 0 aromatic heterocycles. The van der Waals surface area contributed by atoms with Crippen LogP contribution in [-0.4, -0.2) is 48.1 Å². The molecule has 1 N–H and O–H groups in total. The number of thioether (sulfide) groups is 2. The second-order valence-corrected chi connectivity index (χ2v) is 10.9. The highest BCUT2D eigenvalue weighted by molar-refractivity contribution is 8.16. The topological polar surface area (TPSA) is 41.6 Å². The molecule has 0 aliphatic carbocycles. The van der Waals surface area contributed by atoms with Crippen molar-refractivity contribution in [3.05, 3.63) is 65.2 Å². The fourth-order valence-electron chi connectivity index (χ4n) is 3.95. The number of rotatable bonds is 7. The third-order valence-electron chi connectivity index (χ3n) is 5.69.